The van der Waals surface area contributed by atoms with Crippen molar-refractivity contribution in [3.63, 3.8) is 0 Å². The number of aromatic nitrogens is 1. The Balaban J connectivity index is 3.25. The molecule has 1 rings (SSSR count). The fraction of sp³-hybridized carbons (Fsp3) is 0.250. The van der Waals surface area contributed by atoms with Gasteiger partial charge in [-0.15, -0.1) is 24.8 Å². The molecule has 0 unspecified atom stereocenters. The molecule has 0 aliphatic carbocycles. The zero-order valence-electron chi connectivity index (χ0n) is 7.52. The maximum absolute atomic E-state index is 12.7. The van der Waals surface area contributed by atoms with Crippen molar-refractivity contribution in [1.82, 2.24) is 4.98 Å². The van der Waals surface area contributed by atoms with Crippen molar-refractivity contribution >= 4 is 17.9 Å². The maximum Gasteiger partial charge on any atom is 0.574 e. The van der Waals surface area contributed by atoms with Crippen LogP contribution in [-0.2, 0) is 5.88 Å². The summed E-state index contributed by atoms with van der Waals surface area (Å²) in [6.45, 7) is 0. The molecule has 0 aromatic carbocycles. The Morgan fingerprint density at radius 2 is 2.12 bits per heavy atom. The minimum absolute atomic E-state index is 0.172. The van der Waals surface area contributed by atoms with Gasteiger partial charge in [0.05, 0.1) is 5.88 Å². The van der Waals surface area contributed by atoms with Crippen LogP contribution in [0, 0.1) is 5.95 Å². The summed E-state index contributed by atoms with van der Waals surface area (Å²) in [6, 6.07) is 0.675. The van der Waals surface area contributed by atoms with Crippen LogP contribution in [0.15, 0.2) is 6.07 Å². The molecule has 0 aliphatic heterocycles. The molecule has 88 valence electrons. The van der Waals surface area contributed by atoms with E-state index in [-0.39, 0.29) is 17.4 Å². The van der Waals surface area contributed by atoms with E-state index in [4.69, 9.17) is 11.6 Å². The van der Waals surface area contributed by atoms with E-state index in [1.807, 2.05) is 0 Å². The van der Waals surface area contributed by atoms with E-state index in [0.29, 0.717) is 6.07 Å². The maximum atomic E-state index is 12.7. The summed E-state index contributed by atoms with van der Waals surface area (Å²) in [5, 5.41) is 0. The van der Waals surface area contributed by atoms with Crippen LogP contribution in [0.3, 0.4) is 0 Å². The van der Waals surface area contributed by atoms with Gasteiger partial charge in [-0.2, -0.15) is 9.37 Å². The van der Waals surface area contributed by atoms with Gasteiger partial charge in [0.2, 0.25) is 11.8 Å². The minimum Gasteiger partial charge on any atom is -0.387 e. The van der Waals surface area contributed by atoms with Crippen LogP contribution >= 0.6 is 11.6 Å². The lowest BCUT2D eigenvalue weighted by molar-refractivity contribution is -0.276. The average molecular weight is 258 g/mol. The second kappa shape index (κ2) is 4.65. The molecule has 0 spiro atoms. The first kappa shape index (κ1) is 12.7. The van der Waals surface area contributed by atoms with Gasteiger partial charge in [-0.1, -0.05) is 0 Å². The van der Waals surface area contributed by atoms with Crippen molar-refractivity contribution in [3.05, 3.63) is 23.1 Å². The highest BCUT2D eigenvalue weighted by Gasteiger charge is 2.33. The number of aldehydes is 1. The van der Waals surface area contributed by atoms with Gasteiger partial charge in [-0.3, -0.25) is 4.79 Å². The molecular weight excluding hydrogens is 254 g/mol. The van der Waals surface area contributed by atoms with Crippen molar-refractivity contribution in [1.29, 1.82) is 0 Å². The van der Waals surface area contributed by atoms with E-state index in [0.717, 1.165) is 0 Å². The van der Waals surface area contributed by atoms with Crippen LogP contribution in [-0.4, -0.2) is 17.6 Å². The van der Waals surface area contributed by atoms with Crippen LogP contribution in [0.2, 0.25) is 0 Å². The van der Waals surface area contributed by atoms with Crippen molar-refractivity contribution in [3.8, 4) is 5.88 Å². The highest BCUT2D eigenvalue weighted by molar-refractivity contribution is 6.17. The molecule has 0 N–H and O–H groups in total. The normalized spacial score (nSPS) is 11.3. The lowest BCUT2D eigenvalue weighted by Gasteiger charge is -2.11. The molecule has 1 aromatic rings. The Bertz CT molecular complexity index is 408. The molecule has 3 nitrogen and oxygen atoms in total. The Morgan fingerprint density at radius 3 is 2.56 bits per heavy atom. The first-order valence-electron chi connectivity index (χ1n) is 3.83. The third-order valence-corrected chi connectivity index (χ3v) is 1.83. The van der Waals surface area contributed by atoms with E-state index < -0.39 is 24.1 Å². The molecule has 1 aromatic heterocycles. The number of carbonyl (C=O) groups is 1. The van der Waals surface area contributed by atoms with E-state index in [1.165, 1.54) is 0 Å². The van der Waals surface area contributed by atoms with E-state index >= 15 is 0 Å². The number of rotatable bonds is 3. The lowest BCUT2D eigenvalue weighted by Crippen LogP contribution is -2.19. The molecule has 0 fully saturated rings. The second-order valence-electron chi connectivity index (χ2n) is 2.62. The van der Waals surface area contributed by atoms with E-state index in [2.05, 4.69) is 9.72 Å². The number of hydrogen-bond donors (Lipinski definition) is 0. The van der Waals surface area contributed by atoms with Crippen LogP contribution in [0.5, 0.6) is 5.88 Å². The highest BCUT2D eigenvalue weighted by atomic mass is 35.5. The van der Waals surface area contributed by atoms with Crippen molar-refractivity contribution in [2.75, 3.05) is 0 Å². The fourth-order valence-electron chi connectivity index (χ4n) is 0.969. The average Bonchev–Trinajstić information content (AvgIpc) is 2.14. The summed E-state index contributed by atoms with van der Waals surface area (Å²) in [5.74, 6) is -2.76. The summed E-state index contributed by atoms with van der Waals surface area (Å²) >= 11 is 5.33. The predicted molar refractivity (Wildman–Crippen MR) is 45.8 cm³/mol. The Morgan fingerprint density at radius 1 is 1.50 bits per heavy atom. The predicted octanol–water partition coefficient (Wildman–Crippen LogP) is 2.67. The van der Waals surface area contributed by atoms with Gasteiger partial charge in [0.15, 0.2) is 6.29 Å². The van der Waals surface area contributed by atoms with Crippen LogP contribution in [0.4, 0.5) is 17.6 Å². The Hall–Kier alpha value is -1.37. The van der Waals surface area contributed by atoms with Crippen LogP contribution < -0.4 is 4.74 Å². The molecule has 0 saturated carbocycles. The van der Waals surface area contributed by atoms with Gasteiger partial charge in [0.1, 0.15) is 0 Å². The minimum atomic E-state index is -5.03. The number of halogens is 5. The summed E-state index contributed by atoms with van der Waals surface area (Å²) < 4.78 is 51.9. The van der Waals surface area contributed by atoms with Crippen LogP contribution in [0.1, 0.15) is 15.9 Å². The summed E-state index contributed by atoms with van der Waals surface area (Å²) in [6.07, 6.45) is -4.85. The molecule has 1 heterocycles. The van der Waals surface area contributed by atoms with Crippen molar-refractivity contribution in [2.45, 2.75) is 12.2 Å². The Kier molecular flexibility index (Phi) is 3.69. The Labute approximate surface area is 92.0 Å². The number of alkyl halides is 4. The molecular formula is C8H4ClF4NO2. The number of nitrogens with zero attached hydrogens (tertiary/aromatic N) is 1. The summed E-state index contributed by atoms with van der Waals surface area (Å²) in [7, 11) is 0. The first-order chi connectivity index (χ1) is 7.37. The molecule has 0 saturated heterocycles. The highest BCUT2D eigenvalue weighted by Crippen LogP contribution is 2.27. The molecule has 0 radical (unpaired) electrons. The summed E-state index contributed by atoms with van der Waals surface area (Å²) in [4.78, 5) is 13.4. The fourth-order valence-corrected chi connectivity index (χ4v) is 1.24. The molecule has 0 amide bonds. The third kappa shape index (κ3) is 3.06. The standard InChI is InChI=1S/C8H4ClF4NO2/c9-2-5-4(3-15)1-6(10)14-7(5)16-8(11,12)13/h1,3H,2H2. The number of pyridine rings is 1. The molecule has 0 atom stereocenters. The van der Waals surface area contributed by atoms with Gasteiger partial charge < -0.3 is 4.74 Å². The quantitative estimate of drug-likeness (QED) is 0.362. The summed E-state index contributed by atoms with van der Waals surface area (Å²) in [5.41, 5.74) is -0.642. The third-order valence-electron chi connectivity index (χ3n) is 1.56. The SMILES string of the molecule is O=Cc1cc(F)nc(OC(F)(F)F)c1CCl. The topological polar surface area (TPSA) is 39.2 Å². The smallest absolute Gasteiger partial charge is 0.387 e. The monoisotopic (exact) mass is 257 g/mol. The van der Waals surface area contributed by atoms with Gasteiger partial charge in [-0.25, -0.2) is 0 Å². The number of carbonyl (C=O) groups excluding carboxylic acids is 1. The van der Waals surface area contributed by atoms with Gasteiger partial charge in [-0.05, 0) is 0 Å². The molecule has 0 bridgehead atoms. The van der Waals surface area contributed by atoms with Crippen LogP contribution in [0.25, 0.3) is 0 Å². The lowest BCUT2D eigenvalue weighted by atomic mass is 10.2. The van der Waals surface area contributed by atoms with Gasteiger partial charge in [0, 0.05) is 17.2 Å². The molecule has 0 aliphatic rings. The number of ether oxygens (including phenoxy) is 1. The second-order valence-corrected chi connectivity index (χ2v) is 2.88. The molecule has 16 heavy (non-hydrogen) atoms. The zero-order valence-corrected chi connectivity index (χ0v) is 8.27. The first-order valence-corrected chi connectivity index (χ1v) is 4.37. The zero-order chi connectivity index (χ0) is 12.3. The van der Waals surface area contributed by atoms with Gasteiger partial charge in [0.25, 0.3) is 0 Å². The number of hydrogen-bond acceptors (Lipinski definition) is 3. The van der Waals surface area contributed by atoms with Gasteiger partial charge >= 0.3 is 6.36 Å². The molecule has 8 heteroatoms. The van der Waals surface area contributed by atoms with Crippen molar-refractivity contribution in [2.24, 2.45) is 0 Å². The van der Waals surface area contributed by atoms with E-state index in [9.17, 15) is 22.4 Å². The van der Waals surface area contributed by atoms with E-state index in [1.54, 1.807) is 0 Å². The van der Waals surface area contributed by atoms with Crippen molar-refractivity contribution < 1.29 is 27.1 Å². The largest absolute Gasteiger partial charge is 0.574 e.